The molecule has 112 valence electrons. The Bertz CT molecular complexity index is 636. The van der Waals surface area contributed by atoms with E-state index >= 15 is 0 Å². The first-order chi connectivity index (χ1) is 9.77. The highest BCUT2D eigenvalue weighted by Gasteiger charge is 2.30. The lowest BCUT2D eigenvalue weighted by Crippen LogP contribution is -2.06. The second-order valence-corrected chi connectivity index (χ2v) is 5.64. The van der Waals surface area contributed by atoms with Gasteiger partial charge in [-0.25, -0.2) is 8.78 Å². The van der Waals surface area contributed by atoms with Gasteiger partial charge in [0.05, 0.1) is 5.56 Å². The maximum Gasteiger partial charge on any atom is 0.416 e. The molecule has 0 spiro atoms. The summed E-state index contributed by atoms with van der Waals surface area (Å²) in [6, 6.07) is 7.96. The van der Waals surface area contributed by atoms with Gasteiger partial charge >= 0.3 is 6.18 Å². The van der Waals surface area contributed by atoms with Crippen LogP contribution in [0.25, 0.3) is 0 Å². The van der Waals surface area contributed by atoms with Gasteiger partial charge in [0.25, 0.3) is 0 Å². The number of alkyl halides is 4. The van der Waals surface area contributed by atoms with E-state index in [1.165, 1.54) is 18.2 Å². The van der Waals surface area contributed by atoms with E-state index in [0.717, 1.165) is 24.3 Å². The maximum absolute atomic E-state index is 13.6. The van der Waals surface area contributed by atoms with Crippen molar-refractivity contribution in [1.82, 2.24) is 0 Å². The van der Waals surface area contributed by atoms with Gasteiger partial charge in [-0.15, -0.1) is 0 Å². The highest BCUT2D eigenvalue weighted by atomic mass is 79.9. The number of hydrogen-bond donors (Lipinski definition) is 0. The van der Waals surface area contributed by atoms with Gasteiger partial charge in [0.2, 0.25) is 0 Å². The zero-order valence-electron chi connectivity index (χ0n) is 10.6. The van der Waals surface area contributed by atoms with Gasteiger partial charge < -0.3 is 0 Å². The third-order valence-corrected chi connectivity index (χ3v) is 3.84. The molecule has 0 saturated heterocycles. The molecular formula is C15H10BrF5. The van der Waals surface area contributed by atoms with Crippen LogP contribution in [0.5, 0.6) is 0 Å². The molecular weight excluding hydrogens is 355 g/mol. The molecule has 0 aliphatic rings. The molecule has 2 rings (SSSR count). The van der Waals surface area contributed by atoms with Gasteiger partial charge in [0.15, 0.2) is 0 Å². The van der Waals surface area contributed by atoms with Crippen LogP contribution in [0, 0.1) is 11.6 Å². The van der Waals surface area contributed by atoms with Crippen LogP contribution >= 0.6 is 15.9 Å². The molecule has 1 atom stereocenters. The fourth-order valence-electron chi connectivity index (χ4n) is 1.91. The molecule has 0 nitrogen and oxygen atoms in total. The smallest absolute Gasteiger partial charge is 0.207 e. The quantitative estimate of drug-likeness (QED) is 0.486. The van der Waals surface area contributed by atoms with Gasteiger partial charge in [0, 0.05) is 10.9 Å². The fraction of sp³-hybridized carbons (Fsp3) is 0.200. The van der Waals surface area contributed by atoms with E-state index in [4.69, 9.17) is 0 Å². The summed E-state index contributed by atoms with van der Waals surface area (Å²) in [6.07, 6.45) is -4.31. The first kappa shape index (κ1) is 15.9. The number of hydrogen-bond acceptors (Lipinski definition) is 0. The molecule has 21 heavy (non-hydrogen) atoms. The molecule has 2 aromatic rings. The standard InChI is InChI=1S/C15H10BrF5/c16-13(7-10-4-5-12(17)8-14(10)18)9-2-1-3-11(6-9)15(19,20)21/h1-6,8,13H,7H2. The first-order valence-corrected chi connectivity index (χ1v) is 6.94. The van der Waals surface area contributed by atoms with E-state index in [1.54, 1.807) is 0 Å². The van der Waals surface area contributed by atoms with Gasteiger partial charge in [-0.3, -0.25) is 0 Å². The van der Waals surface area contributed by atoms with Gasteiger partial charge in [-0.1, -0.05) is 40.2 Å². The third kappa shape index (κ3) is 4.03. The van der Waals surface area contributed by atoms with Crippen LogP contribution in [0.2, 0.25) is 0 Å². The molecule has 1 unspecified atom stereocenters. The summed E-state index contributed by atoms with van der Waals surface area (Å²) in [7, 11) is 0. The monoisotopic (exact) mass is 364 g/mol. The molecule has 6 heteroatoms. The van der Waals surface area contributed by atoms with E-state index < -0.39 is 28.2 Å². The second kappa shape index (κ2) is 6.13. The van der Waals surface area contributed by atoms with E-state index in [9.17, 15) is 22.0 Å². The summed E-state index contributed by atoms with van der Waals surface area (Å²) in [5.41, 5.74) is -0.145. The van der Waals surface area contributed by atoms with E-state index in [1.807, 2.05) is 0 Å². The van der Waals surface area contributed by atoms with Crippen molar-refractivity contribution >= 4 is 15.9 Å². The normalized spacial score (nSPS) is 13.2. The Kier molecular flexibility index (Phi) is 4.66. The molecule has 0 heterocycles. The van der Waals surface area contributed by atoms with Crippen LogP contribution in [0.4, 0.5) is 22.0 Å². The van der Waals surface area contributed by atoms with Crippen molar-refractivity contribution < 1.29 is 22.0 Å². The van der Waals surface area contributed by atoms with Crippen molar-refractivity contribution in [2.45, 2.75) is 17.4 Å². The van der Waals surface area contributed by atoms with Crippen LogP contribution in [0.15, 0.2) is 42.5 Å². The van der Waals surface area contributed by atoms with Crippen molar-refractivity contribution in [3.05, 3.63) is 70.8 Å². The van der Waals surface area contributed by atoms with Gasteiger partial charge in [-0.2, -0.15) is 13.2 Å². The molecule has 0 radical (unpaired) electrons. The Labute approximate surface area is 126 Å². The molecule has 0 bridgehead atoms. The Hall–Kier alpha value is -1.43. The Morgan fingerprint density at radius 3 is 2.33 bits per heavy atom. The number of halogens is 6. The van der Waals surface area contributed by atoms with Gasteiger partial charge in [0.1, 0.15) is 11.6 Å². The Morgan fingerprint density at radius 1 is 1.00 bits per heavy atom. The molecule has 0 aromatic heterocycles. The summed E-state index contributed by atoms with van der Waals surface area (Å²) < 4.78 is 64.3. The summed E-state index contributed by atoms with van der Waals surface area (Å²) in [5, 5.41) is 0. The minimum absolute atomic E-state index is 0.118. The van der Waals surface area contributed by atoms with E-state index in [0.29, 0.717) is 5.56 Å². The largest absolute Gasteiger partial charge is 0.416 e. The summed E-state index contributed by atoms with van der Waals surface area (Å²) >= 11 is 3.25. The van der Waals surface area contributed by atoms with Crippen molar-refractivity contribution in [1.29, 1.82) is 0 Å². The highest BCUT2D eigenvalue weighted by Crippen LogP contribution is 2.34. The molecule has 0 aliphatic heterocycles. The molecule has 0 fully saturated rings. The zero-order valence-corrected chi connectivity index (χ0v) is 12.2. The van der Waals surface area contributed by atoms with Crippen molar-refractivity contribution in [3.8, 4) is 0 Å². The SMILES string of the molecule is Fc1ccc(CC(Br)c2cccc(C(F)(F)F)c2)c(F)c1. The summed E-state index contributed by atoms with van der Waals surface area (Å²) in [6.45, 7) is 0. The highest BCUT2D eigenvalue weighted by molar-refractivity contribution is 9.09. The van der Waals surface area contributed by atoms with Crippen LogP contribution in [-0.2, 0) is 12.6 Å². The van der Waals surface area contributed by atoms with Crippen molar-refractivity contribution in [3.63, 3.8) is 0 Å². The number of rotatable bonds is 3. The fourth-order valence-corrected chi connectivity index (χ4v) is 2.54. The molecule has 0 amide bonds. The van der Waals surface area contributed by atoms with Crippen molar-refractivity contribution in [2.75, 3.05) is 0 Å². The summed E-state index contributed by atoms with van der Waals surface area (Å²) in [4.78, 5) is -0.500. The van der Waals surface area contributed by atoms with Crippen LogP contribution in [0.3, 0.4) is 0 Å². The Morgan fingerprint density at radius 2 is 1.71 bits per heavy atom. The minimum Gasteiger partial charge on any atom is -0.207 e. The van der Waals surface area contributed by atoms with Crippen LogP contribution < -0.4 is 0 Å². The van der Waals surface area contributed by atoms with Crippen LogP contribution in [0.1, 0.15) is 21.5 Å². The first-order valence-electron chi connectivity index (χ1n) is 6.02. The molecule has 2 aromatic carbocycles. The predicted octanol–water partition coefficient (Wildman–Crippen LogP) is 5.66. The minimum atomic E-state index is -4.43. The Balaban J connectivity index is 2.22. The maximum atomic E-state index is 13.6. The van der Waals surface area contributed by atoms with Crippen molar-refractivity contribution in [2.24, 2.45) is 0 Å². The average Bonchev–Trinajstić information content (AvgIpc) is 2.41. The zero-order chi connectivity index (χ0) is 15.6. The van der Waals surface area contributed by atoms with Crippen LogP contribution in [-0.4, -0.2) is 0 Å². The lowest BCUT2D eigenvalue weighted by molar-refractivity contribution is -0.137. The predicted molar refractivity (Wildman–Crippen MR) is 73.2 cm³/mol. The average molecular weight is 365 g/mol. The number of benzene rings is 2. The van der Waals surface area contributed by atoms with Gasteiger partial charge in [-0.05, 0) is 29.7 Å². The molecule has 0 saturated carbocycles. The van der Waals surface area contributed by atoms with E-state index in [2.05, 4.69) is 15.9 Å². The lowest BCUT2D eigenvalue weighted by atomic mass is 10.0. The molecule has 0 aliphatic carbocycles. The molecule has 0 N–H and O–H groups in total. The second-order valence-electron chi connectivity index (χ2n) is 4.53. The third-order valence-electron chi connectivity index (χ3n) is 2.99. The lowest BCUT2D eigenvalue weighted by Gasteiger charge is -2.14. The summed E-state index contributed by atoms with van der Waals surface area (Å²) in [5.74, 6) is -1.41. The van der Waals surface area contributed by atoms with E-state index in [-0.39, 0.29) is 12.0 Å². The topological polar surface area (TPSA) is 0 Å².